The third kappa shape index (κ3) is 4.66. The number of rotatable bonds is 3. The van der Waals surface area contributed by atoms with Crippen LogP contribution in [0.15, 0.2) is 27.7 Å². The van der Waals surface area contributed by atoms with Crippen molar-refractivity contribution in [1.29, 1.82) is 5.41 Å². The van der Waals surface area contributed by atoms with E-state index in [2.05, 4.69) is 20.9 Å². The molecule has 0 aromatic heterocycles. The van der Waals surface area contributed by atoms with E-state index in [1.54, 1.807) is 7.11 Å². The lowest BCUT2D eigenvalue weighted by molar-refractivity contribution is 0.412. The van der Waals surface area contributed by atoms with E-state index in [4.69, 9.17) is 21.6 Å². The predicted molar refractivity (Wildman–Crippen MR) is 75.5 cm³/mol. The summed E-state index contributed by atoms with van der Waals surface area (Å²) < 4.78 is 6.01. The number of nitrogens with one attached hydrogen (secondary N) is 1. The van der Waals surface area contributed by atoms with Crippen LogP contribution in [0.5, 0.6) is 5.75 Å². The SMILES string of the molecule is COc1ccc(CSC(=N)N=C(N)N)cc1Br. The zero-order valence-electron chi connectivity index (χ0n) is 9.24. The summed E-state index contributed by atoms with van der Waals surface area (Å²) in [5, 5.41) is 7.57. The summed E-state index contributed by atoms with van der Waals surface area (Å²) >= 11 is 4.65. The molecular formula is C10H13BrN4OS. The minimum atomic E-state index is -0.0987. The van der Waals surface area contributed by atoms with Gasteiger partial charge in [0.05, 0.1) is 11.6 Å². The molecule has 0 radical (unpaired) electrons. The van der Waals surface area contributed by atoms with Crippen molar-refractivity contribution < 1.29 is 4.74 Å². The van der Waals surface area contributed by atoms with Crippen LogP contribution in [0.3, 0.4) is 0 Å². The second kappa shape index (κ2) is 6.51. The van der Waals surface area contributed by atoms with Gasteiger partial charge in [-0.05, 0) is 33.6 Å². The Morgan fingerprint density at radius 2 is 2.24 bits per heavy atom. The summed E-state index contributed by atoms with van der Waals surface area (Å²) in [5.41, 5.74) is 11.4. The fraction of sp³-hybridized carbons (Fsp3) is 0.200. The monoisotopic (exact) mass is 316 g/mol. The van der Waals surface area contributed by atoms with Crippen molar-refractivity contribution >= 4 is 38.8 Å². The van der Waals surface area contributed by atoms with E-state index in [1.807, 2.05) is 18.2 Å². The summed E-state index contributed by atoms with van der Waals surface area (Å²) in [6.45, 7) is 0. The lowest BCUT2D eigenvalue weighted by Crippen LogP contribution is -2.23. The number of aliphatic imine (C=N–C) groups is 1. The van der Waals surface area contributed by atoms with E-state index in [-0.39, 0.29) is 11.1 Å². The van der Waals surface area contributed by atoms with Gasteiger partial charge in [-0.1, -0.05) is 17.8 Å². The Kier molecular flexibility index (Phi) is 5.30. The number of nitrogens with two attached hydrogens (primary N) is 2. The van der Waals surface area contributed by atoms with Crippen LogP contribution >= 0.6 is 27.7 Å². The summed E-state index contributed by atoms with van der Waals surface area (Å²) in [7, 11) is 1.61. The van der Waals surface area contributed by atoms with E-state index in [1.165, 1.54) is 11.8 Å². The van der Waals surface area contributed by atoms with Gasteiger partial charge >= 0.3 is 0 Å². The van der Waals surface area contributed by atoms with Crippen LogP contribution in [0.1, 0.15) is 5.56 Å². The molecule has 7 heteroatoms. The Morgan fingerprint density at radius 3 is 2.76 bits per heavy atom. The topological polar surface area (TPSA) is 97.5 Å². The normalized spacial score (nSPS) is 9.76. The van der Waals surface area contributed by atoms with Gasteiger partial charge in [-0.3, -0.25) is 5.41 Å². The zero-order valence-corrected chi connectivity index (χ0v) is 11.6. The smallest absolute Gasteiger partial charge is 0.193 e. The van der Waals surface area contributed by atoms with E-state index in [0.717, 1.165) is 15.8 Å². The number of halogens is 1. The van der Waals surface area contributed by atoms with Crippen molar-refractivity contribution in [2.75, 3.05) is 7.11 Å². The third-order valence-electron chi connectivity index (χ3n) is 1.82. The highest BCUT2D eigenvalue weighted by Gasteiger charge is 2.03. The summed E-state index contributed by atoms with van der Waals surface area (Å²) in [6.07, 6.45) is 0. The number of methoxy groups -OCH3 is 1. The molecule has 0 heterocycles. The number of hydrogen-bond acceptors (Lipinski definition) is 3. The molecule has 0 aliphatic carbocycles. The Morgan fingerprint density at radius 1 is 1.53 bits per heavy atom. The van der Waals surface area contributed by atoms with Crippen molar-refractivity contribution in [2.24, 2.45) is 16.5 Å². The minimum Gasteiger partial charge on any atom is -0.496 e. The van der Waals surface area contributed by atoms with Crippen molar-refractivity contribution in [3.8, 4) is 5.75 Å². The summed E-state index contributed by atoms with van der Waals surface area (Å²) in [6, 6.07) is 5.73. The molecule has 0 saturated carbocycles. The average Bonchev–Trinajstić information content (AvgIpc) is 2.25. The Labute approximate surface area is 112 Å². The first-order valence-electron chi connectivity index (χ1n) is 4.66. The first kappa shape index (κ1) is 13.9. The Bertz CT molecular complexity index is 446. The third-order valence-corrected chi connectivity index (χ3v) is 3.28. The van der Waals surface area contributed by atoms with Gasteiger partial charge in [-0.2, -0.15) is 4.99 Å². The van der Waals surface area contributed by atoms with Crippen LogP contribution in [-0.4, -0.2) is 18.2 Å². The summed E-state index contributed by atoms with van der Waals surface area (Å²) in [4.78, 5) is 3.63. The van der Waals surface area contributed by atoms with Gasteiger partial charge in [-0.25, -0.2) is 0 Å². The number of benzene rings is 1. The standard InChI is InChI=1S/C10H13BrN4OS/c1-16-8-3-2-6(4-7(8)11)5-17-10(14)15-9(12)13/h2-4H,5H2,1H3,(H5,12,13,14,15). The molecule has 1 rings (SSSR count). The van der Waals surface area contributed by atoms with Gasteiger partial charge in [0.2, 0.25) is 0 Å². The molecule has 17 heavy (non-hydrogen) atoms. The maximum atomic E-state index is 7.48. The van der Waals surface area contributed by atoms with Crippen LogP contribution in [0.2, 0.25) is 0 Å². The minimum absolute atomic E-state index is 0.0944. The molecule has 0 atom stereocenters. The van der Waals surface area contributed by atoms with Crippen molar-refractivity contribution in [1.82, 2.24) is 0 Å². The van der Waals surface area contributed by atoms with Gasteiger partial charge in [0, 0.05) is 5.75 Å². The lowest BCUT2D eigenvalue weighted by atomic mass is 10.2. The zero-order chi connectivity index (χ0) is 12.8. The Hall–Kier alpha value is -1.21. The van der Waals surface area contributed by atoms with Gasteiger partial charge in [-0.15, -0.1) is 0 Å². The average molecular weight is 317 g/mol. The maximum absolute atomic E-state index is 7.48. The summed E-state index contributed by atoms with van der Waals surface area (Å²) in [5.74, 6) is 1.30. The molecule has 92 valence electrons. The number of hydrogen-bond donors (Lipinski definition) is 3. The largest absolute Gasteiger partial charge is 0.496 e. The second-order valence-corrected chi connectivity index (χ2v) is 4.92. The molecule has 0 saturated heterocycles. The number of ether oxygens (including phenoxy) is 1. The maximum Gasteiger partial charge on any atom is 0.193 e. The van der Waals surface area contributed by atoms with Crippen LogP contribution in [0.4, 0.5) is 0 Å². The molecule has 0 aliphatic heterocycles. The van der Waals surface area contributed by atoms with E-state index < -0.39 is 0 Å². The lowest BCUT2D eigenvalue weighted by Gasteiger charge is -2.05. The first-order chi connectivity index (χ1) is 8.02. The first-order valence-corrected chi connectivity index (χ1v) is 6.44. The highest BCUT2D eigenvalue weighted by Crippen LogP contribution is 2.27. The number of thioether (sulfide) groups is 1. The van der Waals surface area contributed by atoms with E-state index in [9.17, 15) is 0 Å². The fourth-order valence-corrected chi connectivity index (χ4v) is 2.34. The highest BCUT2D eigenvalue weighted by molar-refractivity contribution is 9.10. The van der Waals surface area contributed by atoms with Crippen LogP contribution in [0.25, 0.3) is 0 Å². The molecule has 5 nitrogen and oxygen atoms in total. The van der Waals surface area contributed by atoms with E-state index >= 15 is 0 Å². The van der Waals surface area contributed by atoms with Crippen molar-refractivity contribution in [2.45, 2.75) is 5.75 Å². The molecule has 1 aromatic rings. The van der Waals surface area contributed by atoms with Gasteiger partial charge in [0.25, 0.3) is 0 Å². The number of nitrogens with zero attached hydrogens (tertiary/aromatic N) is 1. The van der Waals surface area contributed by atoms with Crippen LogP contribution in [-0.2, 0) is 5.75 Å². The van der Waals surface area contributed by atoms with Crippen molar-refractivity contribution in [3.63, 3.8) is 0 Å². The molecule has 5 N–H and O–H groups in total. The quantitative estimate of drug-likeness (QED) is 0.586. The van der Waals surface area contributed by atoms with Gasteiger partial charge in [0.15, 0.2) is 11.1 Å². The molecule has 1 aromatic carbocycles. The van der Waals surface area contributed by atoms with Crippen molar-refractivity contribution in [3.05, 3.63) is 28.2 Å². The second-order valence-electron chi connectivity index (χ2n) is 3.10. The molecule has 0 spiro atoms. The molecule has 0 fully saturated rings. The van der Waals surface area contributed by atoms with Gasteiger partial charge in [0.1, 0.15) is 5.75 Å². The molecular weight excluding hydrogens is 304 g/mol. The molecule has 0 bridgehead atoms. The van der Waals surface area contributed by atoms with Crippen LogP contribution < -0.4 is 16.2 Å². The number of guanidine groups is 1. The number of amidine groups is 1. The van der Waals surface area contributed by atoms with Gasteiger partial charge < -0.3 is 16.2 Å². The van der Waals surface area contributed by atoms with E-state index in [0.29, 0.717) is 5.75 Å². The Balaban J connectivity index is 2.61. The molecule has 0 amide bonds. The fourth-order valence-electron chi connectivity index (χ4n) is 1.10. The predicted octanol–water partition coefficient (Wildman–Crippen LogP) is 1.90. The molecule has 0 aliphatic rings. The highest BCUT2D eigenvalue weighted by atomic mass is 79.9. The molecule has 0 unspecified atom stereocenters. The van der Waals surface area contributed by atoms with Crippen LogP contribution in [0, 0.1) is 5.41 Å².